The van der Waals surface area contributed by atoms with E-state index in [2.05, 4.69) is 15.0 Å². The zero-order chi connectivity index (χ0) is 24.3. The van der Waals surface area contributed by atoms with Gasteiger partial charge in [0.1, 0.15) is 12.4 Å². The average molecular weight is 478 g/mol. The predicted molar refractivity (Wildman–Crippen MR) is 116 cm³/mol. The number of hydrogen-bond acceptors (Lipinski definition) is 6. The van der Waals surface area contributed by atoms with Gasteiger partial charge in [0.15, 0.2) is 0 Å². The third kappa shape index (κ3) is 5.29. The number of aromatic nitrogens is 2. The monoisotopic (exact) mass is 478 g/mol. The molecule has 0 bridgehead atoms. The Kier molecular flexibility index (Phi) is 6.70. The summed E-state index contributed by atoms with van der Waals surface area (Å²) in [7, 11) is 0. The Bertz CT molecular complexity index is 1210. The van der Waals surface area contributed by atoms with Crippen LogP contribution >= 0.6 is 0 Å². The van der Waals surface area contributed by atoms with Gasteiger partial charge < -0.3 is 24.0 Å². The molecular formula is C22H21F3N4O5. The lowest BCUT2D eigenvalue weighted by atomic mass is 10.2. The van der Waals surface area contributed by atoms with Gasteiger partial charge >= 0.3 is 6.36 Å². The van der Waals surface area contributed by atoms with Crippen LogP contribution in [0, 0.1) is 0 Å². The highest BCUT2D eigenvalue weighted by atomic mass is 19.4. The van der Waals surface area contributed by atoms with Crippen molar-refractivity contribution in [1.29, 1.82) is 0 Å². The van der Waals surface area contributed by atoms with Gasteiger partial charge in [-0.1, -0.05) is 6.07 Å². The molecule has 0 unspecified atom stereocenters. The van der Waals surface area contributed by atoms with Crippen molar-refractivity contribution in [1.82, 2.24) is 9.55 Å². The summed E-state index contributed by atoms with van der Waals surface area (Å²) in [5.41, 5.74) is 1.73. The number of carbonyl (C=O) groups is 2. The van der Waals surface area contributed by atoms with Crippen LogP contribution in [-0.4, -0.2) is 59.2 Å². The number of fused-ring (bicyclic) bond motifs is 1. The first-order valence-electron chi connectivity index (χ1n) is 10.4. The lowest BCUT2D eigenvalue weighted by Gasteiger charge is -2.26. The van der Waals surface area contributed by atoms with Gasteiger partial charge in [0.25, 0.3) is 11.8 Å². The summed E-state index contributed by atoms with van der Waals surface area (Å²) in [6, 6.07) is 9.91. The van der Waals surface area contributed by atoms with Crippen LogP contribution in [0.5, 0.6) is 5.75 Å². The van der Waals surface area contributed by atoms with Gasteiger partial charge in [-0.15, -0.1) is 13.2 Å². The first-order chi connectivity index (χ1) is 16.2. The number of hydrogen-bond donors (Lipinski definition) is 2. The van der Waals surface area contributed by atoms with Crippen molar-refractivity contribution in [2.24, 2.45) is 0 Å². The number of aliphatic hydroxyl groups is 1. The molecule has 0 saturated carbocycles. The summed E-state index contributed by atoms with van der Waals surface area (Å²) in [6.07, 6.45) is -4.50. The highest BCUT2D eigenvalue weighted by molar-refractivity contribution is 6.04. The van der Waals surface area contributed by atoms with Crippen LogP contribution in [0.3, 0.4) is 0 Å². The molecule has 3 aromatic rings. The fourth-order valence-electron chi connectivity index (χ4n) is 3.64. The summed E-state index contributed by atoms with van der Waals surface area (Å²) in [4.78, 5) is 31.0. The number of nitrogens with one attached hydrogen (secondary N) is 1. The summed E-state index contributed by atoms with van der Waals surface area (Å²) in [5, 5.41) is 11.9. The van der Waals surface area contributed by atoms with Crippen LogP contribution in [0.15, 0.2) is 42.5 Å². The van der Waals surface area contributed by atoms with Crippen molar-refractivity contribution >= 4 is 34.5 Å². The topological polar surface area (TPSA) is 106 Å². The molecule has 2 N–H and O–H groups in total. The molecule has 0 atom stereocenters. The van der Waals surface area contributed by atoms with Gasteiger partial charge in [-0.05, 0) is 42.8 Å². The summed E-state index contributed by atoms with van der Waals surface area (Å²) < 4.78 is 48.3. The Morgan fingerprint density at radius 3 is 2.79 bits per heavy atom. The summed E-state index contributed by atoms with van der Waals surface area (Å²) >= 11 is 0. The number of carbonyl (C=O) groups excluding carboxylic acids is 2. The van der Waals surface area contributed by atoms with Crippen LogP contribution in [-0.2, 0) is 16.1 Å². The molecule has 4 rings (SSSR count). The van der Waals surface area contributed by atoms with Crippen molar-refractivity contribution in [2.45, 2.75) is 19.3 Å². The second-order valence-electron chi connectivity index (χ2n) is 7.46. The fraction of sp³-hybridized carbons (Fsp3) is 0.318. The second-order valence-corrected chi connectivity index (χ2v) is 7.46. The molecule has 1 aliphatic rings. The van der Waals surface area contributed by atoms with E-state index >= 15 is 0 Å². The van der Waals surface area contributed by atoms with Gasteiger partial charge in [-0.3, -0.25) is 14.9 Å². The van der Waals surface area contributed by atoms with Gasteiger partial charge in [0, 0.05) is 30.9 Å². The van der Waals surface area contributed by atoms with Crippen LogP contribution in [0.1, 0.15) is 16.8 Å². The van der Waals surface area contributed by atoms with Crippen molar-refractivity contribution < 1.29 is 37.3 Å². The second kappa shape index (κ2) is 9.69. The van der Waals surface area contributed by atoms with Gasteiger partial charge in [-0.25, -0.2) is 4.98 Å². The Morgan fingerprint density at radius 1 is 1.24 bits per heavy atom. The van der Waals surface area contributed by atoms with Crippen molar-refractivity contribution in [3.63, 3.8) is 0 Å². The van der Waals surface area contributed by atoms with Crippen molar-refractivity contribution in [3.05, 3.63) is 48.0 Å². The quantitative estimate of drug-likeness (QED) is 0.541. The van der Waals surface area contributed by atoms with E-state index in [0.29, 0.717) is 42.8 Å². The number of amides is 2. The molecule has 1 fully saturated rings. The van der Waals surface area contributed by atoms with E-state index in [9.17, 15) is 27.9 Å². The van der Waals surface area contributed by atoms with Gasteiger partial charge in [0.2, 0.25) is 5.95 Å². The molecule has 12 heteroatoms. The smallest absolute Gasteiger partial charge is 0.406 e. The highest BCUT2D eigenvalue weighted by Crippen LogP contribution is 2.27. The van der Waals surface area contributed by atoms with E-state index in [1.807, 2.05) is 0 Å². The number of rotatable bonds is 7. The average Bonchev–Trinajstić information content (AvgIpc) is 3.13. The minimum absolute atomic E-state index is 0.0125. The minimum Gasteiger partial charge on any atom is -0.406 e. The van der Waals surface area contributed by atoms with Crippen molar-refractivity contribution in [3.8, 4) is 5.75 Å². The van der Waals surface area contributed by atoms with Crippen LogP contribution in [0.25, 0.3) is 11.0 Å². The number of aryl methyl sites for hydroxylation is 1. The Morgan fingerprint density at radius 2 is 2.06 bits per heavy atom. The third-order valence-electron chi connectivity index (χ3n) is 5.12. The normalized spacial score (nSPS) is 14.5. The Balaban J connectivity index is 1.63. The highest BCUT2D eigenvalue weighted by Gasteiger charge is 2.31. The molecule has 0 radical (unpaired) electrons. The third-order valence-corrected chi connectivity index (χ3v) is 5.12. The van der Waals surface area contributed by atoms with E-state index in [4.69, 9.17) is 4.74 Å². The van der Waals surface area contributed by atoms with E-state index in [0.717, 1.165) is 12.1 Å². The number of imidazole rings is 1. The van der Waals surface area contributed by atoms with E-state index < -0.39 is 18.0 Å². The van der Waals surface area contributed by atoms with Gasteiger partial charge in [0.05, 0.1) is 17.6 Å². The maximum Gasteiger partial charge on any atom is 0.573 e. The van der Waals surface area contributed by atoms with E-state index in [1.165, 1.54) is 12.1 Å². The molecule has 2 aromatic carbocycles. The number of halogens is 3. The molecule has 2 heterocycles. The number of nitrogens with zero attached hydrogens (tertiary/aromatic N) is 3. The van der Waals surface area contributed by atoms with Gasteiger partial charge in [-0.2, -0.15) is 0 Å². The molecule has 1 aliphatic heterocycles. The number of anilines is 2. The Labute approximate surface area is 191 Å². The van der Waals surface area contributed by atoms with E-state index in [1.54, 1.807) is 27.7 Å². The number of ether oxygens (including phenoxy) is 2. The van der Waals surface area contributed by atoms with Crippen LogP contribution in [0.2, 0.25) is 0 Å². The maximum atomic E-state index is 12.8. The van der Waals surface area contributed by atoms with Crippen LogP contribution in [0.4, 0.5) is 24.8 Å². The largest absolute Gasteiger partial charge is 0.573 e. The minimum atomic E-state index is -4.88. The lowest BCUT2D eigenvalue weighted by Crippen LogP contribution is -2.41. The SMILES string of the molecule is O=C(Nc1nc2cc(N3CCOCC3=O)ccc2n1CCCO)c1cccc(OC(F)(F)F)c1. The molecule has 1 aromatic heterocycles. The first-order valence-corrected chi connectivity index (χ1v) is 10.4. The zero-order valence-electron chi connectivity index (χ0n) is 17.8. The first kappa shape index (κ1) is 23.5. The zero-order valence-corrected chi connectivity index (χ0v) is 17.8. The molecular weight excluding hydrogens is 457 g/mol. The molecule has 180 valence electrons. The van der Waals surface area contributed by atoms with Crippen LogP contribution < -0.4 is 15.0 Å². The number of benzene rings is 2. The summed E-state index contributed by atoms with van der Waals surface area (Å²) in [6.45, 7) is 1.03. The number of aliphatic hydroxyl groups excluding tert-OH is 1. The predicted octanol–water partition coefficient (Wildman–Crippen LogP) is 2.93. The maximum absolute atomic E-state index is 12.8. The standard InChI is InChI=1S/C22H21F3N4O5/c23-22(24,25)34-16-4-1-3-14(11-16)20(32)27-21-26-17-12-15(28-8-10-33-13-19(28)31)5-6-18(17)29(21)7-2-9-30/h1,3-6,11-12,30H,2,7-10,13H2,(H,26,27,32). The lowest BCUT2D eigenvalue weighted by molar-refractivity contribution is -0.274. The Hall–Kier alpha value is -3.64. The van der Waals surface area contributed by atoms with Crippen molar-refractivity contribution in [2.75, 3.05) is 36.6 Å². The molecule has 9 nitrogen and oxygen atoms in total. The molecule has 34 heavy (non-hydrogen) atoms. The molecule has 0 aliphatic carbocycles. The summed E-state index contributed by atoms with van der Waals surface area (Å²) in [5.74, 6) is -1.23. The molecule has 2 amide bonds. The molecule has 0 spiro atoms. The number of alkyl halides is 3. The fourth-order valence-corrected chi connectivity index (χ4v) is 3.64. The van der Waals surface area contributed by atoms with E-state index in [-0.39, 0.29) is 30.6 Å². The number of morpholine rings is 1. The molecule has 1 saturated heterocycles.